The van der Waals surface area contributed by atoms with Crippen molar-refractivity contribution in [3.8, 4) is 0 Å². The average Bonchev–Trinajstić information content (AvgIpc) is 1.41. The molecule has 0 unspecified atom stereocenters. The van der Waals surface area contributed by atoms with Crippen molar-refractivity contribution in [1.29, 1.82) is 0 Å². The zero-order chi connectivity index (χ0) is 5.58. The van der Waals surface area contributed by atoms with Gasteiger partial charge in [0.1, 0.15) is 0 Å². The van der Waals surface area contributed by atoms with E-state index in [1.165, 1.54) is 0 Å². The molecule has 0 spiro atoms. The number of hydrogen-bond donors (Lipinski definition) is 1. The summed E-state index contributed by atoms with van der Waals surface area (Å²) in [6.07, 6.45) is -0.167. The molecule has 0 rings (SSSR count). The van der Waals surface area contributed by atoms with E-state index in [4.69, 9.17) is 5.11 Å². The Morgan fingerprint density at radius 3 is 1.50 bits per heavy atom. The fourth-order valence-corrected chi connectivity index (χ4v) is 0. The molecule has 0 saturated heterocycles. The summed E-state index contributed by atoms with van der Waals surface area (Å²) in [6.45, 7) is 3.44. The van der Waals surface area contributed by atoms with Crippen molar-refractivity contribution in [3.05, 3.63) is 0 Å². The standard InChI is InChI=1S/C3H8O.ClH.Mn/c1-3(2)4;;/h3-4H,1-2H3;1H;/q;;+1/p-1. The zero-order valence-corrected chi connectivity index (χ0v) is 5.72. The summed E-state index contributed by atoms with van der Waals surface area (Å²) in [5.41, 5.74) is 0. The molecule has 0 amide bonds. The van der Waals surface area contributed by atoms with Gasteiger partial charge < -0.3 is 5.11 Å². The van der Waals surface area contributed by atoms with Gasteiger partial charge in [0, 0.05) is 6.10 Å². The maximum absolute atomic E-state index is 8.06. The second-order valence-corrected chi connectivity index (χ2v) is 1.09. The molecule has 0 aromatic carbocycles. The minimum atomic E-state index is -0.167. The van der Waals surface area contributed by atoms with Gasteiger partial charge in [-0.2, -0.15) is 0 Å². The maximum atomic E-state index is 8.06. The fraction of sp³-hybridized carbons (Fsp3) is 1.00. The van der Waals surface area contributed by atoms with E-state index in [0.717, 1.165) is 0 Å². The Hall–Kier alpha value is 0.769. The van der Waals surface area contributed by atoms with Crippen molar-refractivity contribution in [2.45, 2.75) is 20.0 Å². The molecular weight excluding hydrogens is 142 g/mol. The number of aliphatic hydroxyl groups is 1. The van der Waals surface area contributed by atoms with Gasteiger partial charge in [0.2, 0.25) is 0 Å². The second-order valence-electron chi connectivity index (χ2n) is 1.09. The van der Waals surface area contributed by atoms with Crippen LogP contribution in [-0.4, -0.2) is 11.2 Å². The molecule has 1 nitrogen and oxygen atoms in total. The van der Waals surface area contributed by atoms with Gasteiger partial charge in [0.05, 0.1) is 0 Å². The summed E-state index contributed by atoms with van der Waals surface area (Å²) < 4.78 is 0. The van der Waals surface area contributed by atoms with E-state index >= 15 is 0 Å². The van der Waals surface area contributed by atoms with E-state index in [2.05, 4.69) is 25.2 Å². The molecule has 0 aliphatic carbocycles. The molecule has 0 bridgehead atoms. The SMILES string of the molecule is CC(C)O.[Cl][Mn]. The van der Waals surface area contributed by atoms with E-state index < -0.39 is 0 Å². The molecule has 0 fully saturated rings. The van der Waals surface area contributed by atoms with Crippen LogP contribution in [0.2, 0.25) is 0 Å². The van der Waals surface area contributed by atoms with Crippen LogP contribution in [-0.2, 0) is 15.1 Å². The molecule has 0 radical (unpaired) electrons. The molecule has 0 saturated carbocycles. The van der Waals surface area contributed by atoms with Crippen LogP contribution in [0.15, 0.2) is 0 Å². The Morgan fingerprint density at radius 2 is 1.50 bits per heavy atom. The molecule has 0 aromatic rings. The first-order chi connectivity index (χ1) is 2.73. The Balaban J connectivity index is 0. The predicted molar refractivity (Wildman–Crippen MR) is 23.2 cm³/mol. The molecule has 3 heteroatoms. The molecule has 0 aliphatic heterocycles. The third kappa shape index (κ3) is 114. The van der Waals surface area contributed by atoms with Gasteiger partial charge in [-0.05, 0) is 13.8 Å². The van der Waals surface area contributed by atoms with Gasteiger partial charge >= 0.3 is 25.2 Å². The third-order valence-electron chi connectivity index (χ3n) is 0. The van der Waals surface area contributed by atoms with Crippen molar-refractivity contribution >= 4 is 10.1 Å². The Bertz CT molecular complexity index is 15.5. The Kier molecular flexibility index (Phi) is 15.2. The van der Waals surface area contributed by atoms with Crippen LogP contribution in [0, 0.1) is 0 Å². The molecule has 0 atom stereocenters. The van der Waals surface area contributed by atoms with Crippen LogP contribution in [0.25, 0.3) is 0 Å². The molecule has 0 aromatic heterocycles. The van der Waals surface area contributed by atoms with E-state index in [1.54, 1.807) is 13.8 Å². The molecule has 6 heavy (non-hydrogen) atoms. The first-order valence-electron chi connectivity index (χ1n) is 1.56. The minimum absolute atomic E-state index is 0.167. The van der Waals surface area contributed by atoms with Crippen molar-refractivity contribution in [1.82, 2.24) is 0 Å². The van der Waals surface area contributed by atoms with Crippen LogP contribution < -0.4 is 0 Å². The van der Waals surface area contributed by atoms with Crippen LogP contribution in [0.5, 0.6) is 0 Å². The summed E-state index contributed by atoms with van der Waals surface area (Å²) in [5, 5.41) is 8.06. The van der Waals surface area contributed by atoms with Crippen molar-refractivity contribution < 1.29 is 20.2 Å². The number of aliphatic hydroxyl groups excluding tert-OH is 1. The van der Waals surface area contributed by atoms with Crippen LogP contribution in [0.4, 0.5) is 0 Å². The van der Waals surface area contributed by atoms with Gasteiger partial charge in [-0.25, -0.2) is 0 Å². The van der Waals surface area contributed by atoms with Crippen molar-refractivity contribution in [2.75, 3.05) is 0 Å². The Morgan fingerprint density at radius 1 is 1.50 bits per heavy atom. The number of rotatable bonds is 0. The molecule has 0 heterocycles. The van der Waals surface area contributed by atoms with Crippen LogP contribution in [0.3, 0.4) is 0 Å². The summed E-state index contributed by atoms with van der Waals surface area (Å²) >= 11 is 2.41. The summed E-state index contributed by atoms with van der Waals surface area (Å²) in [4.78, 5) is 0. The normalized spacial score (nSPS) is 7.00. The van der Waals surface area contributed by atoms with Crippen molar-refractivity contribution in [3.63, 3.8) is 0 Å². The molecular formula is C3H8ClMnO. The summed E-state index contributed by atoms with van der Waals surface area (Å²) in [5.74, 6) is 0. The number of hydrogen-bond acceptors (Lipinski definition) is 1. The van der Waals surface area contributed by atoms with E-state index in [0.29, 0.717) is 0 Å². The summed E-state index contributed by atoms with van der Waals surface area (Å²) in [6, 6.07) is 0. The van der Waals surface area contributed by atoms with Gasteiger partial charge in [-0.1, -0.05) is 0 Å². The van der Waals surface area contributed by atoms with E-state index in [1.807, 2.05) is 0 Å². The van der Waals surface area contributed by atoms with Gasteiger partial charge in [0.15, 0.2) is 0 Å². The predicted octanol–water partition coefficient (Wildman–Crippen LogP) is 1.07. The summed E-state index contributed by atoms with van der Waals surface area (Å²) in [7, 11) is 4.45. The first kappa shape index (κ1) is 9.91. The van der Waals surface area contributed by atoms with Gasteiger partial charge in [-0.3, -0.25) is 0 Å². The quantitative estimate of drug-likeness (QED) is 0.512. The van der Waals surface area contributed by atoms with E-state index in [9.17, 15) is 0 Å². The molecule has 0 aliphatic rings. The van der Waals surface area contributed by atoms with Crippen LogP contribution in [0.1, 0.15) is 13.8 Å². The van der Waals surface area contributed by atoms with E-state index in [-0.39, 0.29) is 6.10 Å². The Labute approximate surface area is 50.7 Å². The third-order valence-corrected chi connectivity index (χ3v) is 0. The topological polar surface area (TPSA) is 20.2 Å². The van der Waals surface area contributed by atoms with Gasteiger partial charge in [0.25, 0.3) is 0 Å². The van der Waals surface area contributed by atoms with Gasteiger partial charge in [-0.15, -0.1) is 0 Å². The molecule has 1 N–H and O–H groups in total. The fourth-order valence-electron chi connectivity index (χ4n) is 0. The van der Waals surface area contributed by atoms with Crippen LogP contribution >= 0.6 is 10.1 Å². The monoisotopic (exact) mass is 150 g/mol. The van der Waals surface area contributed by atoms with Crippen molar-refractivity contribution in [2.24, 2.45) is 0 Å². The second kappa shape index (κ2) is 9.24. The number of halogens is 1. The average molecular weight is 150 g/mol. The zero-order valence-electron chi connectivity index (χ0n) is 3.78. The first-order valence-corrected chi connectivity index (χ1v) is 3.18. The molecule has 40 valence electrons.